The van der Waals surface area contributed by atoms with Gasteiger partial charge < -0.3 is 15.5 Å². The summed E-state index contributed by atoms with van der Waals surface area (Å²) >= 11 is 0. The molecule has 2 aliphatic rings. The zero-order chi connectivity index (χ0) is 30.0. The molecule has 2 aromatic rings. The van der Waals surface area contributed by atoms with Crippen LogP contribution >= 0.6 is 21.6 Å². The van der Waals surface area contributed by atoms with E-state index in [1.807, 2.05) is 59.0 Å². The van der Waals surface area contributed by atoms with Crippen molar-refractivity contribution in [2.75, 3.05) is 29.5 Å². The van der Waals surface area contributed by atoms with Crippen molar-refractivity contribution in [3.05, 3.63) is 77.5 Å². The van der Waals surface area contributed by atoms with Gasteiger partial charge in [0.25, 0.3) is 0 Å². The maximum absolute atomic E-state index is 13.3. The van der Waals surface area contributed by atoms with Crippen molar-refractivity contribution in [3.63, 3.8) is 0 Å². The van der Waals surface area contributed by atoms with E-state index in [1.54, 1.807) is 10.8 Å². The van der Waals surface area contributed by atoms with Gasteiger partial charge in [-0.2, -0.15) is 0 Å². The lowest BCUT2D eigenvalue weighted by Crippen LogP contribution is -2.33. The number of carbonyl (C=O) groups excluding carboxylic acids is 2. The molecular formula is C35H49N3O2S2. The first-order valence-electron chi connectivity index (χ1n) is 15.6. The Morgan fingerprint density at radius 2 is 1.52 bits per heavy atom. The summed E-state index contributed by atoms with van der Waals surface area (Å²) in [5.41, 5.74) is 6.51. The fourth-order valence-electron chi connectivity index (χ4n) is 6.67. The van der Waals surface area contributed by atoms with Crippen molar-refractivity contribution >= 4 is 39.1 Å². The number of nitrogens with one attached hydrogen (secondary N) is 2. The molecular weight excluding hydrogens is 559 g/mol. The molecule has 0 saturated heterocycles. The van der Waals surface area contributed by atoms with E-state index in [0.29, 0.717) is 23.9 Å². The largest absolute Gasteiger partial charge is 0.388 e. The second-order valence-corrected chi connectivity index (χ2v) is 15.1. The van der Waals surface area contributed by atoms with Gasteiger partial charge in [0.15, 0.2) is 0 Å². The van der Waals surface area contributed by atoms with Crippen molar-refractivity contribution in [2.45, 2.75) is 85.1 Å². The summed E-state index contributed by atoms with van der Waals surface area (Å²) in [5.74, 6) is 1.75. The average Bonchev–Trinajstić information content (AvgIpc) is 3.56. The topological polar surface area (TPSA) is 61.4 Å². The van der Waals surface area contributed by atoms with Gasteiger partial charge in [-0.25, -0.2) is 0 Å². The van der Waals surface area contributed by atoms with Crippen LogP contribution in [0.2, 0.25) is 0 Å². The number of para-hydroxylation sites is 1. The summed E-state index contributed by atoms with van der Waals surface area (Å²) < 4.78 is 0. The zero-order valence-electron chi connectivity index (χ0n) is 25.8. The zero-order valence-corrected chi connectivity index (χ0v) is 27.4. The van der Waals surface area contributed by atoms with E-state index in [0.717, 1.165) is 52.5 Å². The maximum Gasteiger partial charge on any atom is 0.227 e. The van der Waals surface area contributed by atoms with Crippen LogP contribution in [-0.4, -0.2) is 36.4 Å². The number of fused-ring (bicyclic) bond motifs is 2. The Bertz CT molecular complexity index is 1220. The Morgan fingerprint density at radius 3 is 2.21 bits per heavy atom. The molecule has 228 valence electrons. The van der Waals surface area contributed by atoms with Crippen molar-refractivity contribution in [2.24, 2.45) is 10.8 Å². The van der Waals surface area contributed by atoms with Gasteiger partial charge in [0, 0.05) is 48.8 Å². The van der Waals surface area contributed by atoms with Gasteiger partial charge in [0.2, 0.25) is 11.8 Å². The lowest BCUT2D eigenvalue weighted by molar-refractivity contribution is -0.125. The molecule has 2 aliphatic carbocycles. The summed E-state index contributed by atoms with van der Waals surface area (Å²) in [6.45, 7) is 12.9. The number of benzene rings is 2. The Hall–Kier alpha value is -2.38. The SMILES string of the molecule is C=C(CCSSCCNC(=O)CCC(=O)N(Cc1ccccc1C)c1ccccc1C)NCC12CCC(CC)(CC1)C2. The minimum Gasteiger partial charge on any atom is -0.388 e. The number of rotatable bonds is 17. The van der Waals surface area contributed by atoms with Crippen LogP contribution < -0.4 is 15.5 Å². The van der Waals surface area contributed by atoms with Crippen LogP contribution in [0.15, 0.2) is 60.8 Å². The molecule has 2 fully saturated rings. The first-order chi connectivity index (χ1) is 20.2. The molecule has 5 nitrogen and oxygen atoms in total. The molecule has 2 bridgehead atoms. The molecule has 2 N–H and O–H groups in total. The summed E-state index contributed by atoms with van der Waals surface area (Å²) in [5, 5.41) is 6.64. The van der Waals surface area contributed by atoms with Crippen LogP contribution in [0.4, 0.5) is 5.69 Å². The molecule has 42 heavy (non-hydrogen) atoms. The predicted molar refractivity (Wildman–Crippen MR) is 181 cm³/mol. The first kappa shape index (κ1) is 32.5. The van der Waals surface area contributed by atoms with E-state index in [1.165, 1.54) is 38.5 Å². The van der Waals surface area contributed by atoms with Crippen LogP contribution in [0.3, 0.4) is 0 Å². The standard InChI is InChI=1S/C35H49N3O2S2/c1-5-34-17-19-35(25-34,20-18-34)26-37-29(4)16-22-41-42-23-21-36-32(39)14-15-33(40)38(31-13-9-7-11-28(31)3)24-30-12-8-6-10-27(30)2/h6-13,37H,4-5,14-26H2,1-3H3,(H,36,39). The van der Waals surface area contributed by atoms with Crippen LogP contribution in [0.25, 0.3) is 0 Å². The number of hydrogen-bond acceptors (Lipinski definition) is 5. The smallest absolute Gasteiger partial charge is 0.227 e. The highest BCUT2D eigenvalue weighted by molar-refractivity contribution is 8.76. The highest BCUT2D eigenvalue weighted by Crippen LogP contribution is 2.62. The third-order valence-electron chi connectivity index (χ3n) is 9.53. The van der Waals surface area contributed by atoms with Gasteiger partial charge in [0.05, 0.1) is 6.54 Å². The quantitative estimate of drug-likeness (QED) is 0.141. The van der Waals surface area contributed by atoms with Crippen molar-refractivity contribution in [1.82, 2.24) is 10.6 Å². The molecule has 0 spiro atoms. The number of carbonyl (C=O) groups is 2. The van der Waals surface area contributed by atoms with E-state index in [4.69, 9.17) is 0 Å². The number of aryl methyl sites for hydroxylation is 2. The minimum atomic E-state index is -0.0718. The summed E-state index contributed by atoms with van der Waals surface area (Å²) in [7, 11) is 3.62. The number of anilines is 1. The molecule has 2 saturated carbocycles. The molecule has 4 rings (SSSR count). The summed E-state index contributed by atoms with van der Waals surface area (Å²) in [6, 6.07) is 16.1. The highest BCUT2D eigenvalue weighted by atomic mass is 33.1. The second kappa shape index (κ2) is 15.4. The summed E-state index contributed by atoms with van der Waals surface area (Å²) in [4.78, 5) is 27.7. The van der Waals surface area contributed by atoms with Crippen molar-refractivity contribution in [3.8, 4) is 0 Å². The lowest BCUT2D eigenvalue weighted by Gasteiger charge is -2.28. The lowest BCUT2D eigenvalue weighted by atomic mass is 9.81. The molecule has 0 aliphatic heterocycles. The number of hydrogen-bond donors (Lipinski definition) is 2. The van der Waals surface area contributed by atoms with E-state index in [2.05, 4.69) is 43.2 Å². The third-order valence-corrected chi connectivity index (χ3v) is 11.9. The van der Waals surface area contributed by atoms with Crippen molar-refractivity contribution < 1.29 is 9.59 Å². The van der Waals surface area contributed by atoms with Gasteiger partial charge in [-0.05, 0) is 86.0 Å². The van der Waals surface area contributed by atoms with Crippen LogP contribution in [-0.2, 0) is 16.1 Å². The first-order valence-corrected chi connectivity index (χ1v) is 18.1. The Labute approximate surface area is 261 Å². The fourth-order valence-corrected chi connectivity index (χ4v) is 8.63. The van der Waals surface area contributed by atoms with E-state index in [9.17, 15) is 9.59 Å². The van der Waals surface area contributed by atoms with Crippen LogP contribution in [0.1, 0.15) is 81.4 Å². The Morgan fingerprint density at radius 1 is 0.857 bits per heavy atom. The van der Waals surface area contributed by atoms with Gasteiger partial charge in [-0.1, -0.05) is 84.0 Å². The number of nitrogens with zero attached hydrogens (tertiary/aromatic N) is 1. The van der Waals surface area contributed by atoms with Gasteiger partial charge in [0.1, 0.15) is 0 Å². The molecule has 7 heteroatoms. The van der Waals surface area contributed by atoms with Crippen molar-refractivity contribution in [1.29, 1.82) is 0 Å². The monoisotopic (exact) mass is 607 g/mol. The molecule has 0 atom stereocenters. The van der Waals surface area contributed by atoms with Gasteiger partial charge in [-0.15, -0.1) is 0 Å². The molecule has 0 radical (unpaired) electrons. The average molecular weight is 608 g/mol. The highest BCUT2D eigenvalue weighted by Gasteiger charge is 2.52. The second-order valence-electron chi connectivity index (χ2n) is 12.4. The molecule has 0 heterocycles. The van der Waals surface area contributed by atoms with E-state index < -0.39 is 0 Å². The predicted octanol–water partition coefficient (Wildman–Crippen LogP) is 7.97. The summed E-state index contributed by atoms with van der Waals surface area (Å²) in [6.07, 6.45) is 9.67. The number of amides is 2. The maximum atomic E-state index is 13.3. The Balaban J connectivity index is 1.10. The van der Waals surface area contributed by atoms with Crippen LogP contribution in [0.5, 0.6) is 0 Å². The third kappa shape index (κ3) is 8.82. The molecule has 0 aromatic heterocycles. The van der Waals surface area contributed by atoms with Gasteiger partial charge >= 0.3 is 0 Å². The molecule has 2 aromatic carbocycles. The van der Waals surface area contributed by atoms with E-state index >= 15 is 0 Å². The molecule has 0 unspecified atom stereocenters. The van der Waals surface area contributed by atoms with Gasteiger partial charge in [-0.3, -0.25) is 9.59 Å². The minimum absolute atomic E-state index is 0.0355. The van der Waals surface area contributed by atoms with E-state index in [-0.39, 0.29) is 24.7 Å². The fraction of sp³-hybridized carbons (Fsp3) is 0.543. The molecule has 2 amide bonds. The normalized spacial score (nSPS) is 20.8. The Kier molecular flexibility index (Phi) is 11.9. The number of allylic oxidation sites excluding steroid dienone is 1. The van der Waals surface area contributed by atoms with Crippen LogP contribution in [0, 0.1) is 24.7 Å².